The molecule has 250 valence electrons. The van der Waals surface area contributed by atoms with E-state index in [0.717, 1.165) is 37.0 Å². The molecule has 1 saturated carbocycles. The van der Waals surface area contributed by atoms with Crippen LogP contribution in [-0.4, -0.2) is 37.0 Å². The zero-order valence-corrected chi connectivity index (χ0v) is 28.3. The minimum Gasteiger partial charge on any atom is -0.496 e. The highest BCUT2D eigenvalue weighted by Gasteiger charge is 2.28. The van der Waals surface area contributed by atoms with E-state index < -0.39 is 11.9 Å². The molecule has 4 aromatic rings. The molecule has 5 rings (SSSR count). The van der Waals surface area contributed by atoms with Gasteiger partial charge in [-0.25, -0.2) is 0 Å². The van der Waals surface area contributed by atoms with Crippen molar-refractivity contribution < 1.29 is 18.7 Å². The molecule has 0 spiro atoms. The van der Waals surface area contributed by atoms with Gasteiger partial charge in [-0.1, -0.05) is 53.6 Å². The predicted octanol–water partition coefficient (Wildman–Crippen LogP) is 6.37. The summed E-state index contributed by atoms with van der Waals surface area (Å²) in [6.45, 7) is 4.66. The maximum Gasteiger partial charge on any atom is 0.253 e. The number of carbonyl (C=O) groups excluding carboxylic acids is 2. The Bertz CT molecular complexity index is 1760. The second-order valence-electron chi connectivity index (χ2n) is 12.5. The van der Waals surface area contributed by atoms with Gasteiger partial charge in [0.2, 0.25) is 5.91 Å². The molecule has 0 aliphatic heterocycles. The number of ether oxygens (including phenoxy) is 1. The Hall–Kier alpha value is -4.62. The van der Waals surface area contributed by atoms with E-state index >= 15 is 0 Å². The Morgan fingerprint density at radius 1 is 1.04 bits per heavy atom. The van der Waals surface area contributed by atoms with Crippen LogP contribution in [0.5, 0.6) is 5.75 Å². The lowest BCUT2D eigenvalue weighted by Crippen LogP contribution is -2.51. The number of nitrogens with zero attached hydrogens (tertiary/aromatic N) is 1. The third-order valence-corrected chi connectivity index (χ3v) is 9.20. The fourth-order valence-electron chi connectivity index (χ4n) is 5.90. The number of rotatable bonds is 12. The minimum atomic E-state index is -0.889. The number of amides is 2. The van der Waals surface area contributed by atoms with Crippen LogP contribution in [0.3, 0.4) is 0 Å². The van der Waals surface area contributed by atoms with E-state index in [-0.39, 0.29) is 41.0 Å². The molecular formula is C38H42ClN5O4. The van der Waals surface area contributed by atoms with Gasteiger partial charge in [-0.05, 0) is 81.0 Å². The topological polar surface area (TPSA) is 142 Å². The average Bonchev–Trinajstić information content (AvgIpc) is 3.57. The van der Waals surface area contributed by atoms with E-state index in [1.807, 2.05) is 12.1 Å². The van der Waals surface area contributed by atoms with Crippen molar-refractivity contribution in [1.29, 1.82) is 5.26 Å². The first-order valence-corrected chi connectivity index (χ1v) is 16.6. The molecule has 2 unspecified atom stereocenters. The lowest BCUT2D eigenvalue weighted by Gasteiger charge is -2.29. The normalized spacial score (nSPS) is 17.2. The number of halogens is 1. The quantitative estimate of drug-likeness (QED) is 0.138. The smallest absolute Gasteiger partial charge is 0.253 e. The van der Waals surface area contributed by atoms with Crippen molar-refractivity contribution in [3.05, 3.63) is 111 Å². The fourth-order valence-corrected chi connectivity index (χ4v) is 6.14. The highest BCUT2D eigenvalue weighted by Crippen LogP contribution is 2.36. The Morgan fingerprint density at radius 3 is 2.42 bits per heavy atom. The van der Waals surface area contributed by atoms with Crippen molar-refractivity contribution in [2.24, 2.45) is 5.73 Å². The van der Waals surface area contributed by atoms with Crippen molar-refractivity contribution in [2.45, 2.75) is 76.7 Å². The molecular weight excluding hydrogens is 626 g/mol. The zero-order chi connectivity index (χ0) is 34.2. The second kappa shape index (κ2) is 16.0. The van der Waals surface area contributed by atoms with Crippen LogP contribution in [0.15, 0.2) is 77.2 Å². The van der Waals surface area contributed by atoms with Crippen molar-refractivity contribution in [3.8, 4) is 23.1 Å². The van der Waals surface area contributed by atoms with Gasteiger partial charge >= 0.3 is 0 Å². The number of methoxy groups -OCH3 is 1. The third kappa shape index (κ3) is 8.84. The number of aryl methyl sites for hydroxylation is 1. The van der Waals surface area contributed by atoms with Gasteiger partial charge in [0.05, 0.1) is 41.4 Å². The summed E-state index contributed by atoms with van der Waals surface area (Å²) >= 11 is 6.62. The predicted molar refractivity (Wildman–Crippen MR) is 187 cm³/mol. The average molecular weight is 668 g/mol. The number of nitrogens with two attached hydrogens (primary N) is 1. The van der Waals surface area contributed by atoms with Crippen LogP contribution >= 0.6 is 11.6 Å². The van der Waals surface area contributed by atoms with E-state index in [2.05, 4.69) is 60.1 Å². The fraction of sp³-hybridized carbons (Fsp3) is 0.342. The van der Waals surface area contributed by atoms with Crippen LogP contribution in [0.25, 0.3) is 11.3 Å². The lowest BCUT2D eigenvalue weighted by molar-refractivity contribution is -0.123. The van der Waals surface area contributed by atoms with Crippen LogP contribution in [0.2, 0.25) is 5.02 Å². The van der Waals surface area contributed by atoms with E-state index in [4.69, 9.17) is 26.5 Å². The second-order valence-corrected chi connectivity index (χ2v) is 12.9. The summed E-state index contributed by atoms with van der Waals surface area (Å²) in [6.07, 6.45) is 3.45. The molecule has 1 aliphatic rings. The first-order valence-electron chi connectivity index (χ1n) is 16.3. The molecule has 48 heavy (non-hydrogen) atoms. The molecule has 10 heteroatoms. The van der Waals surface area contributed by atoms with Crippen molar-refractivity contribution in [1.82, 2.24) is 16.0 Å². The number of hydrogen-bond acceptors (Lipinski definition) is 7. The van der Waals surface area contributed by atoms with Crippen LogP contribution in [0.4, 0.5) is 0 Å². The molecule has 0 radical (unpaired) electrons. The van der Waals surface area contributed by atoms with Crippen LogP contribution in [0, 0.1) is 18.3 Å². The summed E-state index contributed by atoms with van der Waals surface area (Å²) < 4.78 is 11.8. The molecule has 1 fully saturated rings. The minimum absolute atomic E-state index is 0.0173. The SMILES string of the molecule is COc1cc(Cl)c(C(=O)NC(Cc2ccc(C#N)cc2)C(=O)N[C@H]2CC[C@H](N)CC2)cc1-c1ccc(CNC(C)c2ccc(C)cc2)o1. The Morgan fingerprint density at radius 2 is 1.75 bits per heavy atom. The molecule has 9 nitrogen and oxygen atoms in total. The van der Waals surface area contributed by atoms with Gasteiger partial charge < -0.3 is 30.8 Å². The van der Waals surface area contributed by atoms with Gasteiger partial charge in [-0.15, -0.1) is 0 Å². The monoisotopic (exact) mass is 667 g/mol. The summed E-state index contributed by atoms with van der Waals surface area (Å²) in [5.41, 5.74) is 10.5. The summed E-state index contributed by atoms with van der Waals surface area (Å²) in [6, 6.07) is 23.7. The van der Waals surface area contributed by atoms with Gasteiger partial charge in [0.1, 0.15) is 23.3 Å². The summed E-state index contributed by atoms with van der Waals surface area (Å²) in [4.78, 5) is 27.4. The zero-order valence-electron chi connectivity index (χ0n) is 27.5. The number of furan rings is 1. The molecule has 1 aromatic heterocycles. The van der Waals surface area contributed by atoms with Gasteiger partial charge in [0.15, 0.2) is 0 Å². The molecule has 1 aliphatic carbocycles. The Balaban J connectivity index is 1.34. The Kier molecular flexibility index (Phi) is 11.6. The first-order chi connectivity index (χ1) is 23.1. The first kappa shape index (κ1) is 34.7. The number of carbonyl (C=O) groups is 2. The number of hydrogen-bond donors (Lipinski definition) is 4. The van der Waals surface area contributed by atoms with Crippen LogP contribution < -0.4 is 26.4 Å². The maximum absolute atomic E-state index is 13.8. The molecule has 2 amide bonds. The standard InChI is InChI=1S/C38H42ClN5O4/c1-23-4-10-27(11-5-23)24(2)42-22-30-16-17-35(48-30)32-19-31(33(39)20-36(32)47-3)37(45)44-34(18-25-6-8-26(21-40)9-7-25)38(46)43-29-14-12-28(41)13-15-29/h4-11,16-17,19-20,24,28-29,34,42H,12-15,18,22,41H2,1-3H3,(H,43,46)(H,44,45)/t24?,28-,29-,34?. The van der Waals surface area contributed by atoms with Gasteiger partial charge in [-0.2, -0.15) is 5.26 Å². The van der Waals surface area contributed by atoms with Crippen molar-refractivity contribution in [3.63, 3.8) is 0 Å². The highest BCUT2D eigenvalue weighted by atomic mass is 35.5. The number of nitriles is 1. The molecule has 0 saturated heterocycles. The molecule has 5 N–H and O–H groups in total. The number of nitrogens with one attached hydrogen (secondary N) is 3. The van der Waals surface area contributed by atoms with Crippen LogP contribution in [0.1, 0.15) is 77.0 Å². The van der Waals surface area contributed by atoms with Gasteiger partial charge in [0.25, 0.3) is 5.91 Å². The van der Waals surface area contributed by atoms with E-state index in [1.54, 1.807) is 36.4 Å². The van der Waals surface area contributed by atoms with E-state index in [1.165, 1.54) is 18.2 Å². The Labute approximate surface area is 286 Å². The summed E-state index contributed by atoms with van der Waals surface area (Å²) in [5, 5.41) is 18.9. The molecule has 3 aromatic carbocycles. The van der Waals surface area contributed by atoms with Gasteiger partial charge in [0, 0.05) is 30.6 Å². The lowest BCUT2D eigenvalue weighted by atomic mass is 9.91. The van der Waals surface area contributed by atoms with E-state index in [0.29, 0.717) is 29.2 Å². The maximum atomic E-state index is 13.8. The largest absolute Gasteiger partial charge is 0.496 e. The molecule has 2 atom stereocenters. The van der Waals surface area contributed by atoms with Crippen LogP contribution in [-0.2, 0) is 17.8 Å². The third-order valence-electron chi connectivity index (χ3n) is 8.88. The van der Waals surface area contributed by atoms with E-state index in [9.17, 15) is 14.9 Å². The summed E-state index contributed by atoms with van der Waals surface area (Å²) in [7, 11) is 1.53. The van der Waals surface area contributed by atoms with Crippen molar-refractivity contribution >= 4 is 23.4 Å². The molecule has 0 bridgehead atoms. The highest BCUT2D eigenvalue weighted by molar-refractivity contribution is 6.34. The summed E-state index contributed by atoms with van der Waals surface area (Å²) in [5.74, 6) is 0.875. The van der Waals surface area contributed by atoms with Gasteiger partial charge in [-0.3, -0.25) is 9.59 Å². The van der Waals surface area contributed by atoms with Crippen molar-refractivity contribution in [2.75, 3.05) is 7.11 Å². The molecule has 1 heterocycles. The number of benzene rings is 3.